The molecule has 1 aromatic carbocycles. The van der Waals surface area contributed by atoms with Crippen LogP contribution in [0.15, 0.2) is 30.8 Å². The molecule has 49 valence electrons. The summed E-state index contributed by atoms with van der Waals surface area (Å²) in [6.45, 7) is 3.69. The molecule has 0 atom stereocenters. The van der Waals surface area contributed by atoms with Crippen LogP contribution in [0, 0.1) is 0 Å². The van der Waals surface area contributed by atoms with Gasteiger partial charge < -0.3 is 0 Å². The average Bonchev–Trinajstić information content (AvgIpc) is 2.05. The third kappa shape index (κ3) is 1.74. The molecule has 0 aromatic heterocycles. The zero-order valence-electron chi connectivity index (χ0n) is 5.80. The summed E-state index contributed by atoms with van der Waals surface area (Å²) in [5, 5.41) is 1.11. The van der Waals surface area contributed by atoms with Crippen LogP contribution in [0.5, 0.6) is 0 Å². The molecular weight excluding hydrogens is 181 g/mol. The molecule has 0 unspecified atom stereocenters. The third-order valence-corrected chi connectivity index (χ3v) is 2.28. The van der Waals surface area contributed by atoms with Gasteiger partial charge in [0.05, 0.1) is 0 Å². The second-order valence-electron chi connectivity index (χ2n) is 2.12. The fourth-order valence-electron chi connectivity index (χ4n) is 0.772. The van der Waals surface area contributed by atoms with Crippen molar-refractivity contribution in [3.63, 3.8) is 0 Å². The third-order valence-electron chi connectivity index (χ3n) is 1.42. The van der Waals surface area contributed by atoms with E-state index in [2.05, 4.69) is 47.4 Å². The van der Waals surface area contributed by atoms with Gasteiger partial charge in [0, 0.05) is 0 Å². The molecule has 0 amide bonds. The monoisotopic (exact) mass is 191 g/mol. The summed E-state index contributed by atoms with van der Waals surface area (Å²) < 4.78 is 0. The maximum atomic E-state index is 3.69. The van der Waals surface area contributed by atoms with Gasteiger partial charge in [-0.25, -0.2) is 0 Å². The first-order chi connectivity index (χ1) is 4.86. The zero-order chi connectivity index (χ0) is 7.40. The predicted molar refractivity (Wildman–Crippen MR) is 46.0 cm³/mol. The molecule has 0 aliphatic heterocycles. The molecule has 10 heavy (non-hydrogen) atoms. The Morgan fingerprint density at radius 2 is 1.90 bits per heavy atom. The molecule has 1 aromatic rings. The Labute approximate surface area is 70.2 Å². The molecule has 0 nitrogen and oxygen atoms in total. The molecule has 0 aliphatic rings. The van der Waals surface area contributed by atoms with E-state index in [4.69, 9.17) is 0 Å². The SMILES string of the molecule is C=Cc1ccc([CH2][Ge])cc1. The molecular formula is C9H9Ge. The van der Waals surface area contributed by atoms with Gasteiger partial charge in [0.25, 0.3) is 0 Å². The quantitative estimate of drug-likeness (QED) is 0.625. The van der Waals surface area contributed by atoms with Crippen molar-refractivity contribution in [1.29, 1.82) is 0 Å². The predicted octanol–water partition coefficient (Wildman–Crippen LogP) is 2.00. The molecule has 0 N–H and O–H groups in total. The van der Waals surface area contributed by atoms with Crippen LogP contribution in [0.25, 0.3) is 6.08 Å². The van der Waals surface area contributed by atoms with Crippen molar-refractivity contribution in [1.82, 2.24) is 0 Å². The Bertz CT molecular complexity index is 211. The van der Waals surface area contributed by atoms with Crippen molar-refractivity contribution in [2.45, 2.75) is 5.25 Å². The zero-order valence-corrected chi connectivity index (χ0v) is 7.90. The fourth-order valence-corrected chi connectivity index (χ4v) is 1.27. The van der Waals surface area contributed by atoms with Gasteiger partial charge in [-0.3, -0.25) is 0 Å². The molecule has 0 heterocycles. The van der Waals surface area contributed by atoms with Crippen molar-refractivity contribution in [3.05, 3.63) is 42.0 Å². The van der Waals surface area contributed by atoms with E-state index >= 15 is 0 Å². The van der Waals surface area contributed by atoms with Gasteiger partial charge >= 0.3 is 69.8 Å². The normalized spacial score (nSPS) is 9.30. The topological polar surface area (TPSA) is 0 Å². The first-order valence-electron chi connectivity index (χ1n) is 3.23. The summed E-state index contributed by atoms with van der Waals surface area (Å²) in [5.74, 6) is 0. The van der Waals surface area contributed by atoms with Gasteiger partial charge in [-0.15, -0.1) is 0 Å². The van der Waals surface area contributed by atoms with Crippen LogP contribution in [0.1, 0.15) is 11.1 Å². The molecule has 1 rings (SSSR count). The van der Waals surface area contributed by atoms with Crippen molar-refractivity contribution >= 4 is 22.6 Å². The fraction of sp³-hybridized carbons (Fsp3) is 0.111. The van der Waals surface area contributed by atoms with Gasteiger partial charge in [0.1, 0.15) is 0 Å². The summed E-state index contributed by atoms with van der Waals surface area (Å²) in [5.41, 5.74) is 2.57. The average molecular weight is 190 g/mol. The number of hydrogen-bond donors (Lipinski definition) is 0. The van der Waals surface area contributed by atoms with Crippen LogP contribution >= 0.6 is 0 Å². The van der Waals surface area contributed by atoms with Gasteiger partial charge in [-0.2, -0.15) is 0 Å². The van der Waals surface area contributed by atoms with Crippen molar-refractivity contribution < 1.29 is 0 Å². The molecule has 1 heteroatoms. The van der Waals surface area contributed by atoms with Crippen LogP contribution in [0.2, 0.25) is 0 Å². The Kier molecular flexibility index (Phi) is 2.75. The molecule has 3 radical (unpaired) electrons. The van der Waals surface area contributed by atoms with Gasteiger partial charge in [0.2, 0.25) is 0 Å². The molecule has 0 spiro atoms. The van der Waals surface area contributed by atoms with Crippen LogP contribution in [0.3, 0.4) is 0 Å². The second kappa shape index (κ2) is 3.62. The Morgan fingerprint density at radius 1 is 1.30 bits per heavy atom. The van der Waals surface area contributed by atoms with Crippen LogP contribution in [0.4, 0.5) is 0 Å². The van der Waals surface area contributed by atoms with Crippen molar-refractivity contribution in [2.24, 2.45) is 0 Å². The molecule has 0 fully saturated rings. The van der Waals surface area contributed by atoms with E-state index in [-0.39, 0.29) is 0 Å². The van der Waals surface area contributed by atoms with Crippen molar-refractivity contribution in [2.75, 3.05) is 0 Å². The van der Waals surface area contributed by atoms with Gasteiger partial charge in [0.15, 0.2) is 0 Å². The van der Waals surface area contributed by atoms with Crippen molar-refractivity contribution in [3.8, 4) is 0 Å². The summed E-state index contributed by atoms with van der Waals surface area (Å²) in [7, 11) is 0. The van der Waals surface area contributed by atoms with Crippen LogP contribution in [-0.4, -0.2) is 16.5 Å². The summed E-state index contributed by atoms with van der Waals surface area (Å²) >= 11 is 2.16. The van der Waals surface area contributed by atoms with Gasteiger partial charge in [-0.05, 0) is 0 Å². The summed E-state index contributed by atoms with van der Waals surface area (Å²) in [6, 6.07) is 8.45. The number of hydrogen-bond acceptors (Lipinski definition) is 0. The number of rotatable bonds is 2. The van der Waals surface area contributed by atoms with E-state index in [9.17, 15) is 0 Å². The van der Waals surface area contributed by atoms with Crippen LogP contribution in [-0.2, 0) is 5.25 Å². The molecule has 0 bridgehead atoms. The molecule has 0 saturated heterocycles. The maximum absolute atomic E-state index is 3.69. The standard InChI is InChI=1S/C9H9Ge/c1-2-8-3-5-9(7-10)6-4-8/h2-6H,1,7H2. The molecule has 0 aliphatic carbocycles. The van der Waals surface area contributed by atoms with E-state index in [0.717, 1.165) is 5.25 Å². The molecule has 0 saturated carbocycles. The second-order valence-corrected chi connectivity index (χ2v) is 2.86. The number of benzene rings is 1. The summed E-state index contributed by atoms with van der Waals surface area (Å²) in [6.07, 6.45) is 1.86. The first kappa shape index (κ1) is 7.61. The van der Waals surface area contributed by atoms with E-state index in [0.29, 0.717) is 0 Å². The van der Waals surface area contributed by atoms with E-state index in [1.54, 1.807) is 0 Å². The minimum atomic E-state index is 1.11. The van der Waals surface area contributed by atoms with E-state index in [1.165, 1.54) is 11.1 Å². The summed E-state index contributed by atoms with van der Waals surface area (Å²) in [4.78, 5) is 0. The van der Waals surface area contributed by atoms with Crippen LogP contribution < -0.4 is 0 Å². The van der Waals surface area contributed by atoms with E-state index in [1.807, 2.05) is 6.08 Å². The van der Waals surface area contributed by atoms with E-state index < -0.39 is 0 Å². The Balaban J connectivity index is 2.90. The Morgan fingerprint density at radius 3 is 2.30 bits per heavy atom. The minimum absolute atomic E-state index is 1.11. The Hall–Kier alpha value is -0.497. The van der Waals surface area contributed by atoms with Gasteiger partial charge in [-0.1, -0.05) is 0 Å². The first-order valence-corrected chi connectivity index (χ1v) is 4.71.